The van der Waals surface area contributed by atoms with Gasteiger partial charge >= 0.3 is 46.7 Å². The molecule has 0 spiro atoms. The number of sulfonamides is 2. The maximum absolute atomic E-state index is 12.4. The molecule has 2 aliphatic rings. The van der Waals surface area contributed by atoms with Crippen LogP contribution in [0.1, 0.15) is 97.1 Å². The highest BCUT2D eigenvalue weighted by Gasteiger charge is 2.61. The molecule has 0 amide bonds. The number of alkyl halides is 9. The molecular formula is C47H59F9N2O12S3. The number of para-hydroxylation sites is 1. The van der Waals surface area contributed by atoms with Gasteiger partial charge in [0.2, 0.25) is 0 Å². The van der Waals surface area contributed by atoms with Crippen molar-refractivity contribution in [2.24, 2.45) is 11.8 Å². The average Bonchev–Trinajstić information content (AvgIpc) is 3.23. The van der Waals surface area contributed by atoms with Crippen molar-refractivity contribution in [3.05, 3.63) is 113 Å². The molecule has 0 heterocycles. The second kappa shape index (κ2) is 25.1. The molecule has 73 heavy (non-hydrogen) atoms. The summed E-state index contributed by atoms with van der Waals surface area (Å²) in [6.45, 7) is 25.8. The van der Waals surface area contributed by atoms with Gasteiger partial charge in [0.25, 0.3) is 0 Å². The van der Waals surface area contributed by atoms with Gasteiger partial charge in [0.15, 0.2) is 0 Å². The Morgan fingerprint density at radius 1 is 0.603 bits per heavy atom. The van der Waals surface area contributed by atoms with Gasteiger partial charge in [-0.05, 0) is 97.0 Å². The molecule has 2 aliphatic carbocycles. The van der Waals surface area contributed by atoms with Crippen LogP contribution >= 0.6 is 0 Å². The number of allylic oxidation sites excluding steroid dienone is 6. The van der Waals surface area contributed by atoms with Crippen molar-refractivity contribution in [1.29, 1.82) is 0 Å². The first-order valence-electron chi connectivity index (χ1n) is 22.0. The van der Waals surface area contributed by atoms with Crippen molar-refractivity contribution >= 4 is 35.9 Å². The fourth-order valence-electron chi connectivity index (χ4n) is 7.74. The number of phenols is 5. The molecule has 0 saturated heterocycles. The number of nitrogens with zero attached hydrogens (tertiary/aromatic N) is 2. The molecule has 0 fully saturated rings. The number of aromatic hydroxyl groups is 5. The monoisotopic (exact) mass is 1110 g/mol. The van der Waals surface area contributed by atoms with E-state index in [2.05, 4.69) is 56.0 Å². The Balaban J connectivity index is 0.000000355. The van der Waals surface area contributed by atoms with Gasteiger partial charge in [0.05, 0.1) is 5.69 Å². The third kappa shape index (κ3) is 16.2. The summed E-state index contributed by atoms with van der Waals surface area (Å²) < 4.78 is 181. The maximum Gasteiger partial charge on any atom is 0.534 e. The normalized spacial score (nSPS) is 18.5. The van der Waals surface area contributed by atoms with Crippen LogP contribution in [0.3, 0.4) is 0 Å². The van der Waals surface area contributed by atoms with E-state index in [0.29, 0.717) is 17.7 Å². The number of benzene rings is 3. The summed E-state index contributed by atoms with van der Waals surface area (Å²) in [5, 5.41) is 49.9. The predicted molar refractivity (Wildman–Crippen MR) is 257 cm³/mol. The van der Waals surface area contributed by atoms with Crippen molar-refractivity contribution in [1.82, 2.24) is 4.90 Å². The lowest BCUT2D eigenvalue weighted by atomic mass is 9.74. The Morgan fingerprint density at radius 2 is 0.945 bits per heavy atom. The smallest absolute Gasteiger partial charge is 0.508 e. The van der Waals surface area contributed by atoms with E-state index >= 15 is 0 Å². The first-order valence-corrected chi connectivity index (χ1v) is 26.3. The van der Waals surface area contributed by atoms with Gasteiger partial charge in [-0.1, -0.05) is 86.6 Å². The lowest BCUT2D eigenvalue weighted by molar-refractivity contribution is -0.0501. The predicted octanol–water partition coefficient (Wildman–Crippen LogP) is 11.7. The van der Waals surface area contributed by atoms with Gasteiger partial charge in [0, 0.05) is 47.2 Å². The molecule has 0 radical (unpaired) electrons. The molecule has 4 atom stereocenters. The summed E-state index contributed by atoms with van der Waals surface area (Å²) in [5.74, 6) is -2.63. The van der Waals surface area contributed by atoms with Crippen molar-refractivity contribution in [3.63, 3.8) is 0 Å². The summed E-state index contributed by atoms with van der Waals surface area (Å²) in [5.41, 5.74) is -14.7. The van der Waals surface area contributed by atoms with Crippen LogP contribution in [0.4, 0.5) is 45.2 Å². The second-order valence-corrected chi connectivity index (χ2v) is 22.2. The molecule has 26 heteroatoms. The van der Waals surface area contributed by atoms with Gasteiger partial charge in [-0.15, -0.1) is 3.71 Å². The molecule has 3 aromatic rings. The van der Waals surface area contributed by atoms with Crippen LogP contribution in [0, 0.1) is 11.8 Å². The molecule has 5 N–H and O–H groups in total. The van der Waals surface area contributed by atoms with Crippen molar-refractivity contribution in [2.45, 2.75) is 103 Å². The standard InChI is InChI=1S/C17H19F3O5S.C16H20O3.C8H5F6NO4S2.C6H15N/c1-9(2)12-5-4-10(3)6-13(12)16-14(21)7-11(8-15(16)22)25-26(23,24)17(18,19)20;1-9(2)12-5-4-10(3)6-13(12)16-14(18)7-11(17)8-15(16)19;9-7(10,11)20(16,17)15(6-4-2-1-3-5-6)21(18,19)8(12,13)14;1-4-7(5-2)6-3/h6-8,12-13,21-22H,1,4-5H2,2-3H3;6-8,12-13,17-19H,1,4-5H2,2-3H3;1-5H;4-6H2,1-3H3/t2*12-,13+;;/m00../s1. The quantitative estimate of drug-likeness (QED) is 0.0494. The zero-order valence-electron chi connectivity index (χ0n) is 40.6. The van der Waals surface area contributed by atoms with Crippen LogP contribution in [0.2, 0.25) is 0 Å². The van der Waals surface area contributed by atoms with E-state index in [1.807, 2.05) is 26.8 Å². The van der Waals surface area contributed by atoms with Crippen LogP contribution < -0.4 is 7.89 Å². The van der Waals surface area contributed by atoms with E-state index in [0.717, 1.165) is 72.7 Å². The molecule has 0 saturated carbocycles. The highest BCUT2D eigenvalue weighted by Crippen LogP contribution is 2.49. The highest BCUT2D eigenvalue weighted by molar-refractivity contribution is 8.11. The number of hydrogen-bond donors (Lipinski definition) is 5. The minimum Gasteiger partial charge on any atom is -0.508 e. The van der Waals surface area contributed by atoms with Gasteiger partial charge in [-0.25, -0.2) is 0 Å². The minimum absolute atomic E-state index is 0.0697. The van der Waals surface area contributed by atoms with Crippen molar-refractivity contribution in [2.75, 3.05) is 23.3 Å². The highest BCUT2D eigenvalue weighted by atomic mass is 32.3. The Morgan fingerprint density at radius 3 is 1.23 bits per heavy atom. The summed E-state index contributed by atoms with van der Waals surface area (Å²) in [6, 6.07) is 7.86. The largest absolute Gasteiger partial charge is 0.534 e. The molecule has 0 unspecified atom stereocenters. The van der Waals surface area contributed by atoms with E-state index in [1.165, 1.54) is 37.3 Å². The maximum atomic E-state index is 12.4. The second-order valence-electron chi connectivity index (χ2n) is 16.9. The Bertz CT molecular complexity index is 2720. The number of phenolic OH excluding ortho intramolecular Hbond substituents is 5. The SMILES string of the molecule is C=C(C)[C@@H]1CCC(C)=C[C@H]1c1c(O)cc(O)cc1O.C=C(C)[C@@H]1CCC(C)=C[C@H]1c1c(O)cc(OS(=O)(=O)C(F)(F)F)cc1O.CCN(CC)CC.O=S(=O)(N(c1ccccc1)S(=O)(=O)C(F)(F)F)C(F)(F)F. The molecule has 0 aromatic heterocycles. The first-order chi connectivity index (χ1) is 33.3. The van der Waals surface area contributed by atoms with Crippen LogP contribution in [0.5, 0.6) is 34.5 Å². The molecular weight excluding hydrogens is 1050 g/mol. The fraction of sp³-hybridized carbons (Fsp3) is 0.447. The summed E-state index contributed by atoms with van der Waals surface area (Å²) in [4.78, 5) is 2.38. The first kappa shape index (κ1) is 63.5. The third-order valence-electron chi connectivity index (χ3n) is 11.5. The number of hydrogen-bond acceptors (Lipinski definition) is 13. The minimum atomic E-state index is -6.81. The van der Waals surface area contributed by atoms with E-state index in [4.69, 9.17) is 0 Å². The molecule has 0 bridgehead atoms. The Kier molecular flexibility index (Phi) is 21.8. The molecule has 410 valence electrons. The third-order valence-corrected chi connectivity index (χ3v) is 16.1. The van der Waals surface area contributed by atoms with Crippen molar-refractivity contribution in [3.8, 4) is 34.5 Å². The number of halogens is 9. The van der Waals surface area contributed by atoms with Crippen LogP contribution in [-0.2, 0) is 30.2 Å². The summed E-state index contributed by atoms with van der Waals surface area (Å²) in [7, 11) is -19.5. The molecule has 3 aromatic carbocycles. The van der Waals surface area contributed by atoms with E-state index in [9.17, 15) is 90.3 Å². The summed E-state index contributed by atoms with van der Waals surface area (Å²) in [6.07, 6.45) is 7.46. The zero-order chi connectivity index (χ0) is 56.4. The van der Waals surface area contributed by atoms with E-state index in [-0.39, 0.29) is 40.6 Å². The average molecular weight is 1110 g/mol. The molecule has 0 aliphatic heterocycles. The number of anilines is 1. The van der Waals surface area contributed by atoms with Crippen LogP contribution in [0.15, 0.2) is 102 Å². The van der Waals surface area contributed by atoms with E-state index < -0.39 is 79.3 Å². The van der Waals surface area contributed by atoms with Crippen LogP contribution in [0.25, 0.3) is 0 Å². The lowest BCUT2D eigenvalue weighted by Gasteiger charge is -2.31. The van der Waals surface area contributed by atoms with Gasteiger partial charge in [0.1, 0.15) is 34.5 Å². The Labute approximate surface area is 419 Å². The van der Waals surface area contributed by atoms with Crippen molar-refractivity contribution < 1.29 is 94.5 Å². The van der Waals surface area contributed by atoms with Gasteiger partial charge < -0.3 is 34.6 Å². The topological polar surface area (TPSA) is 219 Å². The van der Waals surface area contributed by atoms with Crippen LogP contribution in [-0.4, -0.2) is 91.8 Å². The van der Waals surface area contributed by atoms with E-state index in [1.54, 1.807) is 0 Å². The fourth-order valence-corrected chi connectivity index (χ4v) is 10.9. The molecule has 14 nitrogen and oxygen atoms in total. The lowest BCUT2D eigenvalue weighted by Crippen LogP contribution is -2.49. The summed E-state index contributed by atoms with van der Waals surface area (Å²) >= 11 is 0. The zero-order valence-corrected chi connectivity index (χ0v) is 43.1. The van der Waals surface area contributed by atoms with Gasteiger partial charge in [-0.3, -0.25) is 0 Å². The molecule has 5 rings (SSSR count). The van der Waals surface area contributed by atoms with Gasteiger partial charge in [-0.2, -0.15) is 64.8 Å². The Hall–Kier alpha value is -5.60. The number of rotatable bonds is 12.